The van der Waals surface area contributed by atoms with E-state index in [0.29, 0.717) is 22.2 Å². The number of carbonyl (C=O) groups excluding carboxylic acids is 1. The molecule has 1 aromatic heterocycles. The number of pyridine rings is 1. The maximum absolute atomic E-state index is 14.6. The number of hydrogen-bond acceptors (Lipinski definition) is 5. The summed E-state index contributed by atoms with van der Waals surface area (Å²) in [6, 6.07) is 17.3. The molecule has 6 nitrogen and oxygen atoms in total. The number of nitrogens with one attached hydrogen (secondary N) is 1. The monoisotopic (exact) mass is 436 g/mol. The highest BCUT2D eigenvalue weighted by atomic mass is 19.3. The Hall–Kier alpha value is -3.81. The van der Waals surface area contributed by atoms with Gasteiger partial charge >= 0.3 is 0 Å². The summed E-state index contributed by atoms with van der Waals surface area (Å²) >= 11 is 0. The Morgan fingerprint density at radius 3 is 2.72 bits per heavy atom. The second-order valence-corrected chi connectivity index (χ2v) is 7.56. The third-order valence-electron chi connectivity index (χ3n) is 5.47. The van der Waals surface area contributed by atoms with Gasteiger partial charge in [0.2, 0.25) is 5.88 Å². The Kier molecular flexibility index (Phi) is 5.85. The first-order chi connectivity index (χ1) is 15.4. The summed E-state index contributed by atoms with van der Waals surface area (Å²) in [6.07, 6.45) is 0.341. The Balaban J connectivity index is 1.55. The summed E-state index contributed by atoms with van der Waals surface area (Å²) in [5, 5.41) is 8.30. The number of fused-ring (bicyclic) bond motifs is 1. The molecule has 3 N–H and O–H groups in total. The highest BCUT2D eigenvalue weighted by Gasteiger charge is 2.47. The van der Waals surface area contributed by atoms with Gasteiger partial charge in [-0.1, -0.05) is 30.3 Å². The lowest BCUT2D eigenvalue weighted by molar-refractivity contribution is -0.131. The molecule has 0 saturated carbocycles. The maximum Gasteiger partial charge on any atom is 0.287 e. The van der Waals surface area contributed by atoms with Gasteiger partial charge in [-0.3, -0.25) is 4.79 Å². The van der Waals surface area contributed by atoms with Crippen LogP contribution in [0.1, 0.15) is 22.3 Å². The highest BCUT2D eigenvalue weighted by Crippen LogP contribution is 2.32. The van der Waals surface area contributed by atoms with Crippen LogP contribution < -0.4 is 10.5 Å². The average molecular weight is 436 g/mol. The normalized spacial score (nSPS) is 18.4. The average Bonchev–Trinajstić information content (AvgIpc) is 2.81. The van der Waals surface area contributed by atoms with Crippen molar-refractivity contribution in [3.8, 4) is 5.88 Å². The Bertz CT molecular complexity index is 1200. The van der Waals surface area contributed by atoms with Gasteiger partial charge in [0.1, 0.15) is 0 Å². The minimum absolute atomic E-state index is 0.0911. The van der Waals surface area contributed by atoms with E-state index in [1.54, 1.807) is 42.5 Å². The standard InChI is InChI=1S/C24H22F2N4O2/c25-24(26)10-11-30(23(31)18-6-3-5-17(12-18)19(13-27)14-28)15-21(24)32-22-9-8-16-4-1-2-7-20(16)29-22/h1-9,12-14,21,27H,10-11,15,28H2/b19-14+,27-13?. The maximum atomic E-state index is 14.6. The molecule has 1 aliphatic rings. The number of allylic oxidation sites excluding steroid dienone is 1. The van der Waals surface area contributed by atoms with E-state index in [0.717, 1.165) is 11.6 Å². The molecule has 1 saturated heterocycles. The summed E-state index contributed by atoms with van der Waals surface area (Å²) in [4.78, 5) is 18.7. The number of alkyl halides is 2. The first-order valence-electron chi connectivity index (χ1n) is 10.1. The van der Waals surface area contributed by atoms with Crippen molar-refractivity contribution in [2.75, 3.05) is 13.1 Å². The zero-order valence-electron chi connectivity index (χ0n) is 17.2. The summed E-state index contributed by atoms with van der Waals surface area (Å²) in [5.41, 5.74) is 7.55. The molecule has 2 aromatic carbocycles. The number of piperidine rings is 1. The molecule has 1 atom stereocenters. The summed E-state index contributed by atoms with van der Waals surface area (Å²) in [5.74, 6) is -3.39. The van der Waals surface area contributed by atoms with E-state index in [1.165, 1.54) is 11.1 Å². The van der Waals surface area contributed by atoms with Crippen LogP contribution in [0.5, 0.6) is 5.88 Å². The van der Waals surface area contributed by atoms with E-state index < -0.39 is 18.4 Å². The van der Waals surface area contributed by atoms with Gasteiger partial charge in [0, 0.05) is 48.0 Å². The summed E-state index contributed by atoms with van der Waals surface area (Å²) < 4.78 is 34.8. The van der Waals surface area contributed by atoms with Crippen molar-refractivity contribution in [2.45, 2.75) is 18.4 Å². The number of nitrogens with two attached hydrogens (primary N) is 1. The van der Waals surface area contributed by atoms with Gasteiger partial charge in [0.15, 0.2) is 6.10 Å². The Labute approximate surface area is 183 Å². The molecule has 4 rings (SSSR count). The van der Waals surface area contributed by atoms with Gasteiger partial charge in [0.25, 0.3) is 11.8 Å². The quantitative estimate of drug-likeness (QED) is 0.589. The SMILES string of the molecule is N=C/C(=C\N)c1cccc(C(=O)N2CCC(F)(F)C(Oc3ccc4ccccc4n3)C2)c1. The van der Waals surface area contributed by atoms with Gasteiger partial charge in [0.05, 0.1) is 12.1 Å². The van der Waals surface area contributed by atoms with Crippen molar-refractivity contribution in [2.24, 2.45) is 5.73 Å². The van der Waals surface area contributed by atoms with Crippen molar-refractivity contribution in [3.05, 3.63) is 78.0 Å². The van der Waals surface area contributed by atoms with Crippen LogP contribution in [-0.4, -0.2) is 47.1 Å². The number of halogens is 2. The van der Waals surface area contributed by atoms with Crippen molar-refractivity contribution in [1.82, 2.24) is 9.88 Å². The van der Waals surface area contributed by atoms with Crippen LogP contribution >= 0.6 is 0 Å². The van der Waals surface area contributed by atoms with Crippen molar-refractivity contribution in [3.63, 3.8) is 0 Å². The largest absolute Gasteiger partial charge is 0.466 e. The zero-order valence-corrected chi connectivity index (χ0v) is 17.2. The number of rotatable bonds is 5. The van der Waals surface area contributed by atoms with Crippen molar-refractivity contribution >= 4 is 28.6 Å². The van der Waals surface area contributed by atoms with Gasteiger partial charge < -0.3 is 20.8 Å². The van der Waals surface area contributed by atoms with Crippen molar-refractivity contribution in [1.29, 1.82) is 5.41 Å². The minimum Gasteiger partial charge on any atom is -0.466 e. The lowest BCUT2D eigenvalue weighted by Crippen LogP contribution is -2.55. The molecule has 164 valence electrons. The lowest BCUT2D eigenvalue weighted by Gasteiger charge is -2.38. The number of nitrogens with zero attached hydrogens (tertiary/aromatic N) is 2. The molecule has 0 spiro atoms. The van der Waals surface area contributed by atoms with Gasteiger partial charge in [-0.15, -0.1) is 0 Å². The van der Waals surface area contributed by atoms with Crippen LogP contribution in [0.3, 0.4) is 0 Å². The molecule has 8 heteroatoms. The number of para-hydroxylation sites is 1. The molecule has 1 aliphatic heterocycles. The number of aromatic nitrogens is 1. The van der Waals surface area contributed by atoms with Crippen LogP contribution in [0.4, 0.5) is 8.78 Å². The molecule has 3 aromatic rings. The number of hydrogen-bond donors (Lipinski definition) is 2. The van der Waals surface area contributed by atoms with Crippen LogP contribution in [-0.2, 0) is 0 Å². The van der Waals surface area contributed by atoms with E-state index in [2.05, 4.69) is 4.98 Å². The number of likely N-dealkylation sites (tertiary alicyclic amines) is 1. The summed E-state index contributed by atoms with van der Waals surface area (Å²) in [6.45, 7) is -0.361. The smallest absolute Gasteiger partial charge is 0.287 e. The molecule has 0 radical (unpaired) electrons. The number of ether oxygens (including phenoxy) is 1. The minimum atomic E-state index is -3.10. The highest BCUT2D eigenvalue weighted by molar-refractivity contribution is 6.09. The number of amides is 1. The third kappa shape index (κ3) is 4.30. The van der Waals surface area contributed by atoms with Gasteiger partial charge in [-0.2, -0.15) is 0 Å². The molecule has 1 amide bonds. The van der Waals surface area contributed by atoms with E-state index in [4.69, 9.17) is 15.9 Å². The topological polar surface area (TPSA) is 92.3 Å². The van der Waals surface area contributed by atoms with Gasteiger partial charge in [-0.25, -0.2) is 13.8 Å². The molecule has 0 bridgehead atoms. The lowest BCUT2D eigenvalue weighted by atomic mass is 10.0. The fourth-order valence-electron chi connectivity index (χ4n) is 3.68. The first-order valence-corrected chi connectivity index (χ1v) is 10.1. The van der Waals surface area contributed by atoms with Crippen LogP contribution in [0.2, 0.25) is 0 Å². The molecular weight excluding hydrogens is 414 g/mol. The second kappa shape index (κ2) is 8.74. The first kappa shape index (κ1) is 21.4. The third-order valence-corrected chi connectivity index (χ3v) is 5.47. The molecule has 1 unspecified atom stereocenters. The number of carbonyl (C=O) groups is 1. The molecule has 2 heterocycles. The zero-order chi connectivity index (χ0) is 22.7. The second-order valence-electron chi connectivity index (χ2n) is 7.56. The van der Waals surface area contributed by atoms with Gasteiger partial charge in [-0.05, 0) is 29.8 Å². The Morgan fingerprint density at radius 1 is 1.16 bits per heavy atom. The predicted molar refractivity (Wildman–Crippen MR) is 119 cm³/mol. The Morgan fingerprint density at radius 2 is 1.94 bits per heavy atom. The molecule has 32 heavy (non-hydrogen) atoms. The van der Waals surface area contributed by atoms with Crippen LogP contribution in [0.25, 0.3) is 16.5 Å². The van der Waals surface area contributed by atoms with E-state index in [1.807, 2.05) is 18.2 Å². The van der Waals surface area contributed by atoms with E-state index >= 15 is 0 Å². The molecule has 0 aliphatic carbocycles. The molecular formula is C24H22F2N4O2. The summed E-state index contributed by atoms with van der Waals surface area (Å²) in [7, 11) is 0. The number of benzene rings is 2. The fourth-order valence-corrected chi connectivity index (χ4v) is 3.68. The predicted octanol–water partition coefficient (Wildman–Crippen LogP) is 4.11. The van der Waals surface area contributed by atoms with Crippen LogP contribution in [0.15, 0.2) is 66.9 Å². The van der Waals surface area contributed by atoms with E-state index in [9.17, 15) is 13.6 Å². The van der Waals surface area contributed by atoms with Crippen molar-refractivity contribution < 1.29 is 18.3 Å². The molecule has 1 fully saturated rings. The van der Waals surface area contributed by atoms with E-state index in [-0.39, 0.29) is 24.9 Å². The van der Waals surface area contributed by atoms with Crippen LogP contribution in [0, 0.1) is 5.41 Å². The fraction of sp³-hybridized carbons (Fsp3) is 0.208.